The van der Waals surface area contributed by atoms with E-state index in [1.165, 1.54) is 35.2 Å². The third-order valence-electron chi connectivity index (χ3n) is 6.63. The van der Waals surface area contributed by atoms with Crippen molar-refractivity contribution in [3.05, 3.63) is 47.6 Å². The van der Waals surface area contributed by atoms with Crippen LogP contribution >= 0.6 is 11.6 Å². The van der Waals surface area contributed by atoms with E-state index >= 15 is 0 Å². The molecule has 0 spiro atoms. The van der Waals surface area contributed by atoms with Crippen molar-refractivity contribution >= 4 is 38.6 Å². The number of aromatic nitrogens is 4. The fraction of sp³-hybridized carbons (Fsp3) is 0.417. The van der Waals surface area contributed by atoms with Gasteiger partial charge in [-0.05, 0) is 23.7 Å². The highest BCUT2D eigenvalue weighted by Crippen LogP contribution is 2.39. The summed E-state index contributed by atoms with van der Waals surface area (Å²) in [6.07, 6.45) is 1.62. The van der Waals surface area contributed by atoms with Gasteiger partial charge >= 0.3 is 5.97 Å². The van der Waals surface area contributed by atoms with Crippen molar-refractivity contribution in [1.29, 1.82) is 0 Å². The van der Waals surface area contributed by atoms with Gasteiger partial charge in [0.15, 0.2) is 17.5 Å². The molecular weight excluding hydrogens is 570 g/mol. The molecule has 2 saturated heterocycles. The lowest BCUT2D eigenvalue weighted by Crippen LogP contribution is -2.49. The topological polar surface area (TPSA) is 195 Å². The van der Waals surface area contributed by atoms with Gasteiger partial charge < -0.3 is 34.8 Å². The Hall–Kier alpha value is -3.20. The summed E-state index contributed by atoms with van der Waals surface area (Å²) in [5, 5.41) is 34.8. The first-order valence-electron chi connectivity index (χ1n) is 12.0. The smallest absolute Gasteiger partial charge is 0.349 e. The number of morpholine rings is 1. The number of aliphatic hydroxyl groups is 2. The summed E-state index contributed by atoms with van der Waals surface area (Å²) in [4.78, 5) is 24.4. The molecule has 2 fully saturated rings. The number of benzene rings is 1. The molecule has 2 aliphatic rings. The van der Waals surface area contributed by atoms with E-state index in [-0.39, 0.29) is 15.8 Å². The van der Waals surface area contributed by atoms with E-state index in [0.29, 0.717) is 30.9 Å². The van der Waals surface area contributed by atoms with Gasteiger partial charge in [-0.1, -0.05) is 24.1 Å². The number of ether oxygens (including phenoxy) is 3. The average molecular weight is 594 g/mol. The monoisotopic (exact) mass is 593 g/mol. The first-order valence-corrected chi connectivity index (χ1v) is 13.9. The molecule has 0 radical (unpaired) electrons. The van der Waals surface area contributed by atoms with Crippen LogP contribution in [0.25, 0.3) is 11.2 Å². The molecule has 14 nitrogen and oxygen atoms in total. The van der Waals surface area contributed by atoms with Crippen LogP contribution in [0.15, 0.2) is 41.6 Å². The predicted molar refractivity (Wildman–Crippen MR) is 137 cm³/mol. The van der Waals surface area contributed by atoms with Gasteiger partial charge in [0, 0.05) is 13.1 Å². The fourth-order valence-electron chi connectivity index (χ4n) is 4.58. The van der Waals surface area contributed by atoms with Crippen molar-refractivity contribution in [3.63, 3.8) is 0 Å². The van der Waals surface area contributed by atoms with Crippen LogP contribution in [-0.2, 0) is 28.8 Å². The second-order valence-electron chi connectivity index (χ2n) is 9.06. The van der Waals surface area contributed by atoms with Gasteiger partial charge in [0.1, 0.15) is 29.5 Å². The van der Waals surface area contributed by atoms with Crippen LogP contribution in [0.1, 0.15) is 18.0 Å². The Kier molecular flexibility index (Phi) is 7.79. The molecule has 3 aromatic rings. The number of imidazole rings is 1. The number of fused-ring (bicyclic) bond motifs is 1. The lowest BCUT2D eigenvalue weighted by Gasteiger charge is -2.26. The zero-order valence-electron chi connectivity index (χ0n) is 20.6. The first kappa shape index (κ1) is 28.3. The number of carboxylic acid groups (broad SMARTS) is 1. The lowest BCUT2D eigenvalue weighted by atomic mass is 9.93. The van der Waals surface area contributed by atoms with Crippen molar-refractivity contribution in [2.24, 2.45) is 0 Å². The van der Waals surface area contributed by atoms with Crippen molar-refractivity contribution in [3.8, 4) is 12.3 Å². The number of rotatable bonds is 8. The molecule has 0 saturated carbocycles. The zero-order chi connectivity index (χ0) is 28.7. The van der Waals surface area contributed by atoms with Gasteiger partial charge in [-0.2, -0.15) is 4.98 Å². The number of nitrogens with zero attached hydrogens (tertiary/aromatic N) is 4. The van der Waals surface area contributed by atoms with Crippen molar-refractivity contribution < 1.29 is 42.7 Å². The summed E-state index contributed by atoms with van der Waals surface area (Å²) in [6.45, 7) is 0.753. The molecule has 4 N–H and O–H groups in total. The highest BCUT2D eigenvalue weighted by atomic mass is 35.5. The van der Waals surface area contributed by atoms with Crippen LogP contribution < -0.4 is 5.32 Å². The summed E-state index contributed by atoms with van der Waals surface area (Å²) >= 11 is 6.18. The van der Waals surface area contributed by atoms with Crippen molar-refractivity contribution in [1.82, 2.24) is 24.8 Å². The van der Waals surface area contributed by atoms with Gasteiger partial charge in [-0.3, -0.25) is 4.57 Å². The molecule has 6 atom stereocenters. The Bertz CT molecular complexity index is 1560. The third kappa shape index (κ3) is 4.93. The number of carboxylic acids is 1. The number of aliphatic hydroxyl groups excluding tert-OH is 1. The van der Waals surface area contributed by atoms with Gasteiger partial charge in [0.05, 0.1) is 24.4 Å². The van der Waals surface area contributed by atoms with Gasteiger partial charge in [-0.15, -0.1) is 6.42 Å². The second kappa shape index (κ2) is 11.0. The Morgan fingerprint density at radius 2 is 2.10 bits per heavy atom. The first-order chi connectivity index (χ1) is 19.1. The Morgan fingerprint density at radius 3 is 2.75 bits per heavy atom. The molecule has 1 aromatic carbocycles. The number of carbonyl (C=O) groups is 1. The van der Waals surface area contributed by atoms with Crippen LogP contribution in [0.4, 0.5) is 0 Å². The number of aliphatic carboxylic acids is 1. The molecule has 5 rings (SSSR count). The van der Waals surface area contributed by atoms with Crippen molar-refractivity contribution in [2.45, 2.75) is 40.5 Å². The quantitative estimate of drug-likeness (QED) is 0.196. The van der Waals surface area contributed by atoms with E-state index in [1.807, 2.05) is 0 Å². The van der Waals surface area contributed by atoms with E-state index in [9.17, 15) is 28.5 Å². The summed E-state index contributed by atoms with van der Waals surface area (Å²) in [6, 6.07) is 6.86. The minimum Gasteiger partial charge on any atom is -0.479 e. The van der Waals surface area contributed by atoms with Crippen LogP contribution in [0.2, 0.25) is 5.28 Å². The Labute approximate surface area is 232 Å². The maximum absolute atomic E-state index is 12.9. The number of hydrogen-bond acceptors (Lipinski definition) is 12. The summed E-state index contributed by atoms with van der Waals surface area (Å²) in [7, 11) is -4.49. The molecule has 16 heteroatoms. The van der Waals surface area contributed by atoms with Gasteiger partial charge in [0.2, 0.25) is 15.1 Å². The van der Waals surface area contributed by atoms with Gasteiger partial charge in [-0.25, -0.2) is 23.2 Å². The molecule has 212 valence electrons. The molecule has 2 aliphatic heterocycles. The number of terminal acetylenes is 1. The van der Waals surface area contributed by atoms with E-state index in [2.05, 4.69) is 26.2 Å². The standard InChI is InChI=1S/C24H24ClN5O9S/c1-2-24(34)15(11-38-22(21(32)33)40(35,36)13-6-4-3-5-7-13)39-20(18(24)31)30-12-27-17-16(14-10-26-8-9-37-14)28-23(25)29-19(17)30/h1,3-7,12,14-15,18,20,22,26,31,34H,8-11H2,(H,32,33)/t14?,15-,18+,20-,22?,24-/m1/s1. The van der Waals surface area contributed by atoms with E-state index in [1.54, 1.807) is 6.07 Å². The molecule has 0 amide bonds. The molecule has 2 aromatic heterocycles. The third-order valence-corrected chi connectivity index (χ3v) is 8.63. The lowest BCUT2D eigenvalue weighted by molar-refractivity contribution is -0.149. The summed E-state index contributed by atoms with van der Waals surface area (Å²) in [5.41, 5.74) is -3.90. The van der Waals surface area contributed by atoms with Crippen molar-refractivity contribution in [2.75, 3.05) is 26.3 Å². The van der Waals surface area contributed by atoms with Gasteiger partial charge in [0.25, 0.3) is 5.44 Å². The zero-order valence-corrected chi connectivity index (χ0v) is 22.2. The second-order valence-corrected chi connectivity index (χ2v) is 11.4. The molecule has 0 bridgehead atoms. The Balaban J connectivity index is 1.43. The van der Waals surface area contributed by atoms with E-state index < -0.39 is 58.0 Å². The minimum absolute atomic E-state index is 0.131. The SMILES string of the molecule is C#C[C@@]1(O)[C@@H](COC(C(=O)O)S(=O)(=O)c2ccccc2)O[C@@H](n2cnc3c(C4CNCCO4)nc(Cl)nc32)[C@@H]1O. The minimum atomic E-state index is -4.49. The van der Waals surface area contributed by atoms with Crippen LogP contribution in [0.5, 0.6) is 0 Å². The predicted octanol–water partition coefficient (Wildman–Crippen LogP) is -0.336. The normalized spacial score (nSPS) is 27.9. The number of sulfone groups is 1. The summed E-state index contributed by atoms with van der Waals surface area (Å²) in [5.74, 6) is 0.271. The molecule has 2 unspecified atom stereocenters. The van der Waals surface area contributed by atoms with Crippen LogP contribution in [0.3, 0.4) is 0 Å². The number of halogens is 1. The molecular formula is C24H24ClN5O9S. The van der Waals surface area contributed by atoms with E-state index in [4.69, 9.17) is 32.2 Å². The highest BCUT2D eigenvalue weighted by molar-refractivity contribution is 7.92. The van der Waals surface area contributed by atoms with E-state index in [0.717, 1.165) is 0 Å². The number of hydrogen-bond donors (Lipinski definition) is 4. The summed E-state index contributed by atoms with van der Waals surface area (Å²) < 4.78 is 43.9. The average Bonchev–Trinajstić information content (AvgIpc) is 3.47. The van der Waals surface area contributed by atoms with Crippen LogP contribution in [0, 0.1) is 12.3 Å². The molecule has 0 aliphatic carbocycles. The Morgan fingerprint density at radius 1 is 1.35 bits per heavy atom. The molecule has 40 heavy (non-hydrogen) atoms. The maximum atomic E-state index is 12.9. The van der Waals surface area contributed by atoms with Crippen LogP contribution in [-0.4, -0.2) is 98.8 Å². The molecule has 4 heterocycles. The maximum Gasteiger partial charge on any atom is 0.349 e. The highest BCUT2D eigenvalue weighted by Gasteiger charge is 2.56. The fourth-order valence-corrected chi connectivity index (χ4v) is 6.06. The number of nitrogens with one attached hydrogen (secondary N) is 1. The largest absolute Gasteiger partial charge is 0.479 e.